The molecule has 11 heteroatoms. The zero-order valence-corrected chi connectivity index (χ0v) is 23.6. The SMILES string of the molecule is CCC(=O)N[C@H](Cc1ccc(CNC(=O)C(C)SNC(=O)OC(C)(C)C)cc1)C(=O)N1CCN(C)CC1. The van der Waals surface area contributed by atoms with E-state index in [0.29, 0.717) is 32.5 Å². The van der Waals surface area contributed by atoms with Crippen molar-refractivity contribution in [1.82, 2.24) is 25.2 Å². The molecule has 3 N–H and O–H groups in total. The molecule has 1 aliphatic rings. The van der Waals surface area contributed by atoms with Gasteiger partial charge in [-0.15, -0.1) is 0 Å². The minimum atomic E-state index is -0.614. The van der Waals surface area contributed by atoms with Crippen LogP contribution in [-0.2, 0) is 32.1 Å². The monoisotopic (exact) mass is 535 g/mol. The Morgan fingerprint density at radius 3 is 2.19 bits per heavy atom. The lowest BCUT2D eigenvalue weighted by atomic mass is 10.0. The predicted molar refractivity (Wildman–Crippen MR) is 145 cm³/mol. The zero-order chi connectivity index (χ0) is 27.6. The minimum Gasteiger partial charge on any atom is -0.443 e. The Hall–Kier alpha value is -2.79. The molecule has 1 heterocycles. The Morgan fingerprint density at radius 1 is 1.03 bits per heavy atom. The van der Waals surface area contributed by atoms with Crippen molar-refractivity contribution in [1.29, 1.82) is 0 Å². The van der Waals surface area contributed by atoms with E-state index >= 15 is 0 Å². The molecular formula is C26H41N5O5S. The highest BCUT2D eigenvalue weighted by atomic mass is 32.2. The number of amides is 4. The molecule has 206 valence electrons. The largest absolute Gasteiger partial charge is 0.443 e. The summed E-state index contributed by atoms with van der Waals surface area (Å²) in [7, 11) is 2.03. The van der Waals surface area contributed by atoms with Crippen molar-refractivity contribution in [3.05, 3.63) is 35.4 Å². The normalized spacial score (nSPS) is 15.9. The molecular weight excluding hydrogens is 494 g/mol. The third-order valence-electron chi connectivity index (χ3n) is 5.79. The van der Waals surface area contributed by atoms with Gasteiger partial charge < -0.3 is 25.2 Å². The number of nitrogens with one attached hydrogen (secondary N) is 3. The lowest BCUT2D eigenvalue weighted by Gasteiger charge is -2.34. The molecule has 10 nitrogen and oxygen atoms in total. The number of ether oxygens (including phenoxy) is 1. The van der Waals surface area contributed by atoms with Crippen LogP contribution < -0.4 is 15.4 Å². The minimum absolute atomic E-state index is 0.0577. The van der Waals surface area contributed by atoms with Crippen molar-refractivity contribution in [2.45, 2.75) is 70.9 Å². The first-order chi connectivity index (χ1) is 17.4. The van der Waals surface area contributed by atoms with Gasteiger partial charge in [-0.1, -0.05) is 31.2 Å². The van der Waals surface area contributed by atoms with E-state index in [9.17, 15) is 19.2 Å². The van der Waals surface area contributed by atoms with Gasteiger partial charge in [-0.2, -0.15) is 0 Å². The molecule has 1 aromatic rings. The summed E-state index contributed by atoms with van der Waals surface area (Å²) in [6, 6.07) is 6.99. The van der Waals surface area contributed by atoms with E-state index < -0.39 is 23.0 Å². The van der Waals surface area contributed by atoms with E-state index in [1.54, 1.807) is 34.6 Å². The number of rotatable bonds is 10. The summed E-state index contributed by atoms with van der Waals surface area (Å²) in [6.45, 7) is 12.0. The molecule has 0 bridgehead atoms. The van der Waals surface area contributed by atoms with E-state index in [2.05, 4.69) is 20.3 Å². The standard InChI is InChI=1S/C26H41N5O5S/c1-7-22(32)28-21(24(34)31-14-12-30(6)13-15-31)16-19-8-10-20(11-9-19)17-27-23(33)18(2)37-29-25(35)36-26(3,4)5/h8-11,18,21H,7,12-17H2,1-6H3,(H,27,33)(H,28,32)(H,29,35)/t18?,21-/m1/s1. The molecule has 2 atom stereocenters. The van der Waals surface area contributed by atoms with Crippen molar-refractivity contribution >= 4 is 35.8 Å². The molecule has 0 saturated carbocycles. The molecule has 1 aromatic carbocycles. The summed E-state index contributed by atoms with van der Waals surface area (Å²) >= 11 is 0.989. The van der Waals surface area contributed by atoms with Crippen molar-refractivity contribution in [2.24, 2.45) is 0 Å². The first kappa shape index (κ1) is 30.4. The molecule has 37 heavy (non-hydrogen) atoms. The van der Waals surface area contributed by atoms with Gasteiger partial charge in [-0.3, -0.25) is 19.1 Å². The fourth-order valence-corrected chi connectivity index (χ4v) is 4.10. The molecule has 0 radical (unpaired) electrons. The number of piperazine rings is 1. The molecule has 1 fully saturated rings. The van der Waals surface area contributed by atoms with Crippen LogP contribution in [0.5, 0.6) is 0 Å². The van der Waals surface area contributed by atoms with Gasteiger partial charge in [-0.25, -0.2) is 4.79 Å². The summed E-state index contributed by atoms with van der Waals surface area (Å²) in [5.74, 6) is -0.428. The van der Waals surface area contributed by atoms with E-state index in [1.807, 2.05) is 36.2 Å². The van der Waals surface area contributed by atoms with Crippen LogP contribution in [0.15, 0.2) is 24.3 Å². The zero-order valence-electron chi connectivity index (χ0n) is 22.8. The summed E-state index contributed by atoms with van der Waals surface area (Å²) < 4.78 is 7.69. The van der Waals surface area contributed by atoms with Crippen LogP contribution in [0.3, 0.4) is 0 Å². The van der Waals surface area contributed by atoms with Crippen LogP contribution in [0.1, 0.15) is 52.2 Å². The molecule has 1 saturated heterocycles. The second-order valence-electron chi connectivity index (χ2n) is 10.2. The van der Waals surface area contributed by atoms with E-state index in [4.69, 9.17) is 4.74 Å². The number of carbonyl (C=O) groups is 4. The van der Waals surface area contributed by atoms with Gasteiger partial charge >= 0.3 is 6.09 Å². The maximum atomic E-state index is 13.1. The Balaban J connectivity index is 1.88. The number of likely N-dealkylation sites (N-methyl/N-ethyl adjacent to an activating group) is 1. The summed E-state index contributed by atoms with van der Waals surface area (Å²) in [6.07, 6.45) is 0.121. The lowest BCUT2D eigenvalue weighted by Crippen LogP contribution is -2.54. The summed E-state index contributed by atoms with van der Waals surface area (Å²) in [4.78, 5) is 53.4. The van der Waals surface area contributed by atoms with Gasteiger partial charge in [0, 0.05) is 45.6 Å². The first-order valence-corrected chi connectivity index (χ1v) is 13.5. The average molecular weight is 536 g/mol. The highest BCUT2D eigenvalue weighted by Gasteiger charge is 2.28. The second kappa shape index (κ2) is 14.2. The topological polar surface area (TPSA) is 120 Å². The quantitative estimate of drug-likeness (QED) is 0.393. The number of benzene rings is 1. The van der Waals surface area contributed by atoms with E-state index in [-0.39, 0.29) is 17.7 Å². The van der Waals surface area contributed by atoms with Gasteiger partial charge in [0.15, 0.2) is 0 Å². The molecule has 1 aliphatic heterocycles. The summed E-state index contributed by atoms with van der Waals surface area (Å²) in [5, 5.41) is 5.23. The van der Waals surface area contributed by atoms with Crippen LogP contribution in [0.4, 0.5) is 4.79 Å². The van der Waals surface area contributed by atoms with Gasteiger partial charge in [-0.05, 0) is 57.8 Å². The van der Waals surface area contributed by atoms with Gasteiger partial charge in [0.05, 0.1) is 0 Å². The highest BCUT2D eigenvalue weighted by Crippen LogP contribution is 2.13. The molecule has 2 rings (SSSR count). The molecule has 1 unspecified atom stereocenters. The fraction of sp³-hybridized carbons (Fsp3) is 0.615. The van der Waals surface area contributed by atoms with Crippen LogP contribution in [0.2, 0.25) is 0 Å². The molecule has 0 aliphatic carbocycles. The summed E-state index contributed by atoms with van der Waals surface area (Å²) in [5.41, 5.74) is 1.21. The highest BCUT2D eigenvalue weighted by molar-refractivity contribution is 7.99. The number of hydrogen-bond acceptors (Lipinski definition) is 7. The third-order valence-corrected chi connectivity index (χ3v) is 6.64. The Morgan fingerprint density at radius 2 is 1.62 bits per heavy atom. The predicted octanol–water partition coefficient (Wildman–Crippen LogP) is 2.08. The Labute approximate surface area is 224 Å². The molecule has 0 spiro atoms. The van der Waals surface area contributed by atoms with Crippen molar-refractivity contribution in [3.63, 3.8) is 0 Å². The van der Waals surface area contributed by atoms with Crippen LogP contribution in [-0.4, -0.2) is 83.7 Å². The lowest BCUT2D eigenvalue weighted by molar-refractivity contribution is -0.137. The van der Waals surface area contributed by atoms with E-state index in [0.717, 1.165) is 36.2 Å². The average Bonchev–Trinajstić information content (AvgIpc) is 2.85. The maximum Gasteiger partial charge on any atom is 0.417 e. The first-order valence-electron chi connectivity index (χ1n) is 12.6. The number of nitrogens with zero attached hydrogens (tertiary/aromatic N) is 2. The van der Waals surface area contributed by atoms with Crippen molar-refractivity contribution < 1.29 is 23.9 Å². The van der Waals surface area contributed by atoms with Gasteiger partial charge in [0.1, 0.15) is 16.9 Å². The molecule has 4 amide bonds. The van der Waals surface area contributed by atoms with Crippen LogP contribution >= 0.6 is 11.9 Å². The van der Waals surface area contributed by atoms with Crippen LogP contribution in [0.25, 0.3) is 0 Å². The van der Waals surface area contributed by atoms with Gasteiger partial charge in [0.25, 0.3) is 0 Å². The van der Waals surface area contributed by atoms with Crippen molar-refractivity contribution in [3.8, 4) is 0 Å². The van der Waals surface area contributed by atoms with Gasteiger partial charge in [0.2, 0.25) is 17.7 Å². The van der Waals surface area contributed by atoms with Crippen LogP contribution in [0, 0.1) is 0 Å². The maximum absolute atomic E-state index is 13.1. The van der Waals surface area contributed by atoms with E-state index in [1.165, 1.54) is 0 Å². The smallest absolute Gasteiger partial charge is 0.417 e. The molecule has 0 aromatic heterocycles. The fourth-order valence-electron chi connectivity index (χ4n) is 3.59. The van der Waals surface area contributed by atoms with Crippen molar-refractivity contribution in [2.75, 3.05) is 33.2 Å². The Kier molecular flexibility index (Phi) is 11.7. The number of carbonyl (C=O) groups excluding carboxylic acids is 4. The third kappa shape index (κ3) is 11.0. The number of hydrogen-bond donors (Lipinski definition) is 3. The Bertz CT molecular complexity index is 926. The second-order valence-corrected chi connectivity index (χ2v) is 11.4.